The summed E-state index contributed by atoms with van der Waals surface area (Å²) in [5, 5.41) is 14.3. The predicted octanol–water partition coefficient (Wildman–Crippen LogP) is 3.22. The van der Waals surface area contributed by atoms with Gasteiger partial charge in [0.1, 0.15) is 18.7 Å². The average molecular weight is 483 g/mol. The van der Waals surface area contributed by atoms with Crippen LogP contribution in [0.5, 0.6) is 0 Å². The van der Waals surface area contributed by atoms with Gasteiger partial charge < -0.3 is 25.2 Å². The van der Waals surface area contributed by atoms with Crippen molar-refractivity contribution in [2.24, 2.45) is 0 Å². The fourth-order valence-corrected chi connectivity index (χ4v) is 4.23. The molecule has 186 valence electrons. The minimum atomic E-state index is -1.29. The number of alkyl carbamates (subject to hydrolysis) is 1. The van der Waals surface area contributed by atoms with Crippen molar-refractivity contribution in [2.45, 2.75) is 50.6 Å². The van der Waals surface area contributed by atoms with E-state index in [1.807, 2.05) is 55.5 Å². The molecule has 9 heteroatoms. The number of hydrogen-bond donors (Lipinski definition) is 3. The van der Waals surface area contributed by atoms with Crippen molar-refractivity contribution in [2.75, 3.05) is 13.7 Å². The number of benzene rings is 2. The highest BCUT2D eigenvalue weighted by atomic mass is 16.5. The zero-order valence-electron chi connectivity index (χ0n) is 19.8. The molecule has 0 spiro atoms. The molecule has 2 aromatic rings. The maximum atomic E-state index is 12.7. The molecule has 0 fully saturated rings. The zero-order valence-corrected chi connectivity index (χ0v) is 19.8. The number of fused-ring (bicyclic) bond motifs is 3. The number of methoxy groups -OCH3 is 1. The summed E-state index contributed by atoms with van der Waals surface area (Å²) in [7, 11) is 1.20. The number of carboxylic acids is 1. The first-order valence-corrected chi connectivity index (χ1v) is 11.6. The Morgan fingerprint density at radius 3 is 2.06 bits per heavy atom. The van der Waals surface area contributed by atoms with E-state index in [-0.39, 0.29) is 25.4 Å². The number of carbonyl (C=O) groups excluding carboxylic acids is 3. The van der Waals surface area contributed by atoms with E-state index >= 15 is 0 Å². The van der Waals surface area contributed by atoms with Crippen molar-refractivity contribution in [3.63, 3.8) is 0 Å². The molecule has 0 saturated heterocycles. The number of amides is 2. The highest BCUT2D eigenvalue weighted by molar-refractivity contribution is 5.89. The van der Waals surface area contributed by atoms with Crippen molar-refractivity contribution < 1.29 is 33.8 Å². The molecule has 2 amide bonds. The Hall–Kier alpha value is -3.88. The molecule has 9 nitrogen and oxygen atoms in total. The van der Waals surface area contributed by atoms with Gasteiger partial charge in [0.15, 0.2) is 0 Å². The maximum Gasteiger partial charge on any atom is 0.407 e. The van der Waals surface area contributed by atoms with E-state index in [1.165, 1.54) is 7.11 Å². The monoisotopic (exact) mass is 482 g/mol. The Morgan fingerprint density at radius 1 is 0.914 bits per heavy atom. The SMILES string of the molecule is CCC[C@H](NC(=O)OCC1c2ccccc2-c2ccccc21)C(=O)N[C@@H](CCC(=O)OC)C(=O)O. The molecular weight excluding hydrogens is 452 g/mol. The number of hydrogen-bond acceptors (Lipinski definition) is 6. The van der Waals surface area contributed by atoms with Gasteiger partial charge in [-0.15, -0.1) is 0 Å². The molecule has 0 heterocycles. The highest BCUT2D eigenvalue weighted by Gasteiger charge is 2.30. The number of carbonyl (C=O) groups is 4. The van der Waals surface area contributed by atoms with Crippen LogP contribution in [-0.2, 0) is 23.9 Å². The summed E-state index contributed by atoms with van der Waals surface area (Å²) in [6.45, 7) is 1.93. The summed E-state index contributed by atoms with van der Waals surface area (Å²) >= 11 is 0. The Bertz CT molecular complexity index is 1040. The fraction of sp³-hybridized carbons (Fsp3) is 0.385. The van der Waals surface area contributed by atoms with Gasteiger partial charge in [-0.2, -0.15) is 0 Å². The smallest absolute Gasteiger partial charge is 0.407 e. The largest absolute Gasteiger partial charge is 0.480 e. The fourth-order valence-electron chi connectivity index (χ4n) is 4.23. The second-order valence-electron chi connectivity index (χ2n) is 8.33. The van der Waals surface area contributed by atoms with Crippen LogP contribution in [-0.4, -0.2) is 54.8 Å². The summed E-state index contributed by atoms with van der Waals surface area (Å²) in [5.74, 6) is -2.63. The summed E-state index contributed by atoms with van der Waals surface area (Å²) in [5.41, 5.74) is 4.34. The third-order valence-corrected chi connectivity index (χ3v) is 6.01. The first-order chi connectivity index (χ1) is 16.8. The summed E-state index contributed by atoms with van der Waals surface area (Å²) in [6, 6.07) is 13.6. The quantitative estimate of drug-likeness (QED) is 0.419. The van der Waals surface area contributed by atoms with Gasteiger partial charge in [0.2, 0.25) is 5.91 Å². The lowest BCUT2D eigenvalue weighted by molar-refractivity contribution is -0.144. The Balaban J connectivity index is 1.61. The minimum absolute atomic E-state index is 0.0944. The van der Waals surface area contributed by atoms with Gasteiger partial charge >= 0.3 is 18.0 Å². The van der Waals surface area contributed by atoms with Crippen LogP contribution in [0.3, 0.4) is 0 Å². The predicted molar refractivity (Wildman–Crippen MR) is 128 cm³/mol. The molecule has 2 atom stereocenters. The van der Waals surface area contributed by atoms with Crippen molar-refractivity contribution in [1.82, 2.24) is 10.6 Å². The molecule has 1 aliphatic carbocycles. The molecule has 0 aromatic heterocycles. The van der Waals surface area contributed by atoms with Crippen LogP contribution in [0.2, 0.25) is 0 Å². The van der Waals surface area contributed by atoms with Crippen LogP contribution in [0.4, 0.5) is 4.79 Å². The lowest BCUT2D eigenvalue weighted by Crippen LogP contribution is -2.51. The Morgan fingerprint density at radius 2 is 1.51 bits per heavy atom. The second-order valence-corrected chi connectivity index (χ2v) is 8.33. The molecule has 0 radical (unpaired) electrons. The van der Waals surface area contributed by atoms with Crippen molar-refractivity contribution >= 4 is 23.9 Å². The molecule has 35 heavy (non-hydrogen) atoms. The Labute approximate surface area is 203 Å². The Kier molecular flexibility index (Phi) is 8.83. The first-order valence-electron chi connectivity index (χ1n) is 11.6. The van der Waals surface area contributed by atoms with E-state index < -0.39 is 36.0 Å². The van der Waals surface area contributed by atoms with E-state index in [1.54, 1.807) is 0 Å². The summed E-state index contributed by atoms with van der Waals surface area (Å²) in [4.78, 5) is 48.2. The number of carboxylic acid groups (broad SMARTS) is 1. The lowest BCUT2D eigenvalue weighted by Gasteiger charge is -2.21. The second kappa shape index (κ2) is 12.0. The molecule has 3 rings (SSSR count). The van der Waals surface area contributed by atoms with Gasteiger partial charge in [0.25, 0.3) is 0 Å². The number of esters is 1. The molecule has 0 unspecified atom stereocenters. The van der Waals surface area contributed by atoms with Gasteiger partial charge in [0.05, 0.1) is 7.11 Å². The summed E-state index contributed by atoms with van der Waals surface area (Å²) < 4.78 is 10.0. The molecule has 2 aromatic carbocycles. The van der Waals surface area contributed by atoms with Gasteiger partial charge in [-0.3, -0.25) is 9.59 Å². The van der Waals surface area contributed by atoms with Crippen molar-refractivity contribution in [1.29, 1.82) is 0 Å². The van der Waals surface area contributed by atoms with Crippen molar-refractivity contribution in [3.05, 3.63) is 59.7 Å². The molecule has 0 bridgehead atoms. The number of nitrogens with one attached hydrogen (secondary N) is 2. The lowest BCUT2D eigenvalue weighted by atomic mass is 9.98. The topological polar surface area (TPSA) is 131 Å². The maximum absolute atomic E-state index is 12.7. The third-order valence-electron chi connectivity index (χ3n) is 6.01. The minimum Gasteiger partial charge on any atom is -0.480 e. The molecule has 3 N–H and O–H groups in total. The van der Waals surface area contributed by atoms with Crippen LogP contribution < -0.4 is 10.6 Å². The highest BCUT2D eigenvalue weighted by Crippen LogP contribution is 2.44. The van der Waals surface area contributed by atoms with Gasteiger partial charge in [-0.1, -0.05) is 61.9 Å². The summed E-state index contributed by atoms with van der Waals surface area (Å²) in [6.07, 6.45) is -0.188. The van der Waals surface area contributed by atoms with Crippen molar-refractivity contribution in [3.8, 4) is 11.1 Å². The zero-order chi connectivity index (χ0) is 25.4. The van der Waals surface area contributed by atoms with Crippen LogP contribution in [0, 0.1) is 0 Å². The van der Waals surface area contributed by atoms with Crippen LogP contribution >= 0.6 is 0 Å². The number of rotatable bonds is 11. The van der Waals surface area contributed by atoms with Gasteiger partial charge in [-0.25, -0.2) is 9.59 Å². The van der Waals surface area contributed by atoms with E-state index in [9.17, 15) is 24.3 Å². The van der Waals surface area contributed by atoms with Crippen LogP contribution in [0.15, 0.2) is 48.5 Å². The normalized spacial score (nSPS) is 13.7. The first kappa shape index (κ1) is 25.7. The number of aliphatic carboxylic acids is 1. The van der Waals surface area contributed by atoms with E-state index in [4.69, 9.17) is 4.74 Å². The standard InChI is InChI=1S/C26H30N2O7/c1-3-8-21(24(30)27-22(25(31)32)13-14-23(29)34-2)28-26(33)35-15-20-18-11-6-4-9-16(18)17-10-5-7-12-19(17)20/h4-7,9-12,20-22H,3,8,13-15H2,1-2H3,(H,27,30)(H,28,33)(H,31,32)/t21-,22-/m0/s1. The van der Waals surface area contributed by atoms with Gasteiger partial charge in [-0.05, 0) is 35.1 Å². The van der Waals surface area contributed by atoms with E-state index in [0.29, 0.717) is 12.8 Å². The third kappa shape index (κ3) is 6.38. The molecule has 0 aliphatic heterocycles. The molecular formula is C26H30N2O7. The number of ether oxygens (including phenoxy) is 2. The van der Waals surface area contributed by atoms with Gasteiger partial charge in [0, 0.05) is 12.3 Å². The van der Waals surface area contributed by atoms with E-state index in [2.05, 4.69) is 15.4 Å². The van der Waals surface area contributed by atoms with Crippen LogP contribution in [0.25, 0.3) is 11.1 Å². The van der Waals surface area contributed by atoms with E-state index in [0.717, 1.165) is 22.3 Å². The average Bonchev–Trinajstić information content (AvgIpc) is 3.18. The molecule has 1 aliphatic rings. The van der Waals surface area contributed by atoms with Crippen LogP contribution in [0.1, 0.15) is 49.7 Å². The molecule has 0 saturated carbocycles.